The number of hydrogen-bond acceptors (Lipinski definition) is 5. The minimum absolute atomic E-state index is 0.0191. The number of rotatable bonds is 6. The molecule has 1 N–H and O–H groups in total. The Kier molecular flexibility index (Phi) is 5.56. The van der Waals surface area contributed by atoms with Crippen molar-refractivity contribution in [1.29, 1.82) is 0 Å². The van der Waals surface area contributed by atoms with Crippen LogP contribution in [0.5, 0.6) is 0 Å². The number of nitrogens with zero attached hydrogens (tertiary/aromatic N) is 3. The van der Waals surface area contributed by atoms with Crippen molar-refractivity contribution in [2.75, 3.05) is 13.1 Å². The molecule has 1 amide bonds. The van der Waals surface area contributed by atoms with Gasteiger partial charge in [0, 0.05) is 36.5 Å². The van der Waals surface area contributed by atoms with Gasteiger partial charge in [-0.05, 0) is 36.6 Å². The highest BCUT2D eigenvalue weighted by molar-refractivity contribution is 6.30. The highest BCUT2D eigenvalue weighted by Gasteiger charge is 2.36. The molecule has 1 saturated heterocycles. The summed E-state index contributed by atoms with van der Waals surface area (Å²) < 4.78 is 5.23. The normalized spacial score (nSPS) is 19.7. The molecule has 1 aliphatic rings. The van der Waals surface area contributed by atoms with Crippen LogP contribution >= 0.6 is 11.6 Å². The third-order valence-corrected chi connectivity index (χ3v) is 4.89. The van der Waals surface area contributed by atoms with Crippen LogP contribution in [0.2, 0.25) is 5.02 Å². The van der Waals surface area contributed by atoms with Crippen molar-refractivity contribution in [2.24, 2.45) is 11.8 Å². The van der Waals surface area contributed by atoms with Crippen LogP contribution in [-0.2, 0) is 16.0 Å². The van der Waals surface area contributed by atoms with Gasteiger partial charge in [-0.25, -0.2) is 0 Å². The van der Waals surface area contributed by atoms with Gasteiger partial charge >= 0.3 is 5.97 Å². The van der Waals surface area contributed by atoms with Gasteiger partial charge < -0.3 is 14.5 Å². The van der Waals surface area contributed by atoms with Gasteiger partial charge in [-0.2, -0.15) is 4.98 Å². The lowest BCUT2D eigenvalue weighted by atomic mass is 9.99. The molecule has 1 aliphatic heterocycles. The second kappa shape index (κ2) is 7.86. The highest BCUT2D eigenvalue weighted by Crippen LogP contribution is 2.24. The number of benzene rings is 1. The Bertz CT molecular complexity index is 790. The summed E-state index contributed by atoms with van der Waals surface area (Å²) in [7, 11) is 0. The maximum Gasteiger partial charge on any atom is 0.308 e. The lowest BCUT2D eigenvalue weighted by molar-refractivity contribution is -0.142. The van der Waals surface area contributed by atoms with Crippen molar-refractivity contribution in [3.8, 4) is 11.4 Å². The van der Waals surface area contributed by atoms with E-state index in [1.165, 1.54) is 0 Å². The minimum atomic E-state index is -0.839. The maximum atomic E-state index is 12.3. The molecular formula is C18H20ClN3O4. The zero-order valence-corrected chi connectivity index (χ0v) is 15.1. The van der Waals surface area contributed by atoms with Crippen LogP contribution in [-0.4, -0.2) is 45.1 Å². The van der Waals surface area contributed by atoms with E-state index in [1.54, 1.807) is 17.0 Å². The van der Waals surface area contributed by atoms with E-state index in [1.807, 2.05) is 19.1 Å². The van der Waals surface area contributed by atoms with E-state index in [2.05, 4.69) is 10.1 Å². The first-order valence-electron chi connectivity index (χ1n) is 8.53. The summed E-state index contributed by atoms with van der Waals surface area (Å²) >= 11 is 5.86. The van der Waals surface area contributed by atoms with Crippen molar-refractivity contribution in [2.45, 2.75) is 26.2 Å². The van der Waals surface area contributed by atoms with Crippen molar-refractivity contribution < 1.29 is 19.2 Å². The predicted molar refractivity (Wildman–Crippen MR) is 94.6 cm³/mol. The summed E-state index contributed by atoms with van der Waals surface area (Å²) in [6.45, 7) is 2.65. The summed E-state index contributed by atoms with van der Waals surface area (Å²) in [6.07, 6.45) is 1.40. The Morgan fingerprint density at radius 3 is 2.69 bits per heavy atom. The largest absolute Gasteiger partial charge is 0.481 e. The molecule has 1 aromatic heterocycles. The van der Waals surface area contributed by atoms with E-state index in [4.69, 9.17) is 21.2 Å². The van der Waals surface area contributed by atoms with E-state index in [0.717, 1.165) is 5.56 Å². The number of hydrogen-bond donors (Lipinski definition) is 1. The van der Waals surface area contributed by atoms with E-state index >= 15 is 0 Å². The van der Waals surface area contributed by atoms with Crippen LogP contribution in [0, 0.1) is 11.8 Å². The lowest BCUT2D eigenvalue weighted by Crippen LogP contribution is -2.29. The smallest absolute Gasteiger partial charge is 0.308 e. The number of carbonyl (C=O) groups is 2. The SMILES string of the molecule is C[C@@H]1CN(C(=O)CCCc2nc(-c3ccc(Cl)cc3)no2)C[C@H]1C(=O)O. The van der Waals surface area contributed by atoms with Gasteiger partial charge in [-0.15, -0.1) is 0 Å². The van der Waals surface area contributed by atoms with Gasteiger partial charge in [0.05, 0.1) is 5.92 Å². The average Bonchev–Trinajstić information content (AvgIpc) is 3.22. The molecule has 0 unspecified atom stereocenters. The van der Waals surface area contributed by atoms with E-state index in [0.29, 0.717) is 42.5 Å². The highest BCUT2D eigenvalue weighted by atomic mass is 35.5. The standard InChI is InChI=1S/C18H20ClN3O4/c1-11-9-22(10-14(11)18(24)25)16(23)4-2-3-15-20-17(21-26-15)12-5-7-13(19)8-6-12/h5-8,11,14H,2-4,9-10H2,1H3,(H,24,25)/t11-,14-/m1/s1. The molecule has 2 heterocycles. The predicted octanol–water partition coefficient (Wildman–Crippen LogP) is 2.89. The monoisotopic (exact) mass is 377 g/mol. The first-order valence-corrected chi connectivity index (χ1v) is 8.91. The fourth-order valence-corrected chi connectivity index (χ4v) is 3.24. The van der Waals surface area contributed by atoms with Crippen LogP contribution in [0.25, 0.3) is 11.4 Å². The molecule has 0 radical (unpaired) electrons. The molecule has 0 bridgehead atoms. The Balaban J connectivity index is 1.49. The Morgan fingerprint density at radius 1 is 1.31 bits per heavy atom. The summed E-state index contributed by atoms with van der Waals surface area (Å²) in [5.74, 6) is -0.404. The van der Waals surface area contributed by atoms with Gasteiger partial charge in [-0.1, -0.05) is 23.7 Å². The Labute approximate surface area is 155 Å². The van der Waals surface area contributed by atoms with Crippen LogP contribution < -0.4 is 0 Å². The molecule has 8 heteroatoms. The number of aliphatic carboxylic acids is 1. The number of carboxylic acid groups (broad SMARTS) is 1. The molecule has 1 aromatic carbocycles. The van der Waals surface area contributed by atoms with E-state index < -0.39 is 11.9 Å². The molecule has 138 valence electrons. The van der Waals surface area contributed by atoms with Crippen molar-refractivity contribution in [1.82, 2.24) is 15.0 Å². The summed E-state index contributed by atoms with van der Waals surface area (Å²) in [4.78, 5) is 29.4. The molecule has 2 atom stereocenters. The second-order valence-corrected chi connectivity index (χ2v) is 7.03. The molecular weight excluding hydrogens is 358 g/mol. The molecule has 7 nitrogen and oxygen atoms in total. The lowest BCUT2D eigenvalue weighted by Gasteiger charge is -2.15. The number of likely N-dealkylation sites (tertiary alicyclic amines) is 1. The van der Waals surface area contributed by atoms with Crippen LogP contribution in [0.4, 0.5) is 0 Å². The van der Waals surface area contributed by atoms with Crippen LogP contribution in [0.1, 0.15) is 25.7 Å². The van der Waals surface area contributed by atoms with Crippen molar-refractivity contribution in [3.05, 3.63) is 35.2 Å². The fraction of sp³-hybridized carbons (Fsp3) is 0.444. The van der Waals surface area contributed by atoms with Crippen molar-refractivity contribution in [3.63, 3.8) is 0 Å². The first kappa shape index (κ1) is 18.4. The molecule has 2 aromatic rings. The van der Waals surface area contributed by atoms with Gasteiger partial charge in [0.25, 0.3) is 0 Å². The molecule has 1 fully saturated rings. The molecule has 3 rings (SSSR count). The van der Waals surface area contributed by atoms with Crippen LogP contribution in [0.3, 0.4) is 0 Å². The fourth-order valence-electron chi connectivity index (χ4n) is 3.11. The minimum Gasteiger partial charge on any atom is -0.481 e. The number of aryl methyl sites for hydroxylation is 1. The number of halogens is 1. The Morgan fingerprint density at radius 2 is 2.04 bits per heavy atom. The number of aromatic nitrogens is 2. The molecule has 0 aliphatic carbocycles. The zero-order valence-electron chi connectivity index (χ0n) is 14.4. The van der Waals surface area contributed by atoms with E-state index in [9.17, 15) is 9.59 Å². The number of carbonyl (C=O) groups excluding carboxylic acids is 1. The summed E-state index contributed by atoms with van der Waals surface area (Å²) in [5.41, 5.74) is 0.811. The maximum absolute atomic E-state index is 12.3. The summed E-state index contributed by atoms with van der Waals surface area (Å²) in [6, 6.07) is 7.14. The first-order chi connectivity index (χ1) is 12.4. The Hall–Kier alpha value is -2.41. The third kappa shape index (κ3) is 4.22. The number of amides is 1. The second-order valence-electron chi connectivity index (χ2n) is 6.59. The molecule has 0 spiro atoms. The van der Waals surface area contributed by atoms with Crippen LogP contribution in [0.15, 0.2) is 28.8 Å². The summed E-state index contributed by atoms with van der Waals surface area (Å²) in [5, 5.41) is 13.7. The van der Waals surface area contributed by atoms with E-state index in [-0.39, 0.29) is 18.4 Å². The zero-order chi connectivity index (χ0) is 18.7. The van der Waals surface area contributed by atoms with Gasteiger partial charge in [0.15, 0.2) is 0 Å². The van der Waals surface area contributed by atoms with Gasteiger partial charge in [0.2, 0.25) is 17.6 Å². The van der Waals surface area contributed by atoms with Crippen molar-refractivity contribution >= 4 is 23.5 Å². The third-order valence-electron chi connectivity index (χ3n) is 4.63. The van der Waals surface area contributed by atoms with Gasteiger partial charge in [0.1, 0.15) is 0 Å². The average molecular weight is 378 g/mol. The topological polar surface area (TPSA) is 96.5 Å². The number of carboxylic acids is 1. The molecule has 26 heavy (non-hydrogen) atoms. The quantitative estimate of drug-likeness (QED) is 0.831. The molecule has 0 saturated carbocycles. The van der Waals surface area contributed by atoms with Gasteiger partial charge in [-0.3, -0.25) is 9.59 Å².